The molecule has 13 atom stereocenters. The van der Waals surface area contributed by atoms with Crippen LogP contribution in [-0.4, -0.2) is 132 Å². The number of hydrogen-bond acceptors (Lipinski definition) is 17. The second kappa shape index (κ2) is 23.7. The minimum absolute atomic E-state index is 0.0378. The average Bonchev–Trinajstić information content (AvgIpc) is 3.29. The van der Waals surface area contributed by atoms with Crippen molar-refractivity contribution < 1.29 is 81.1 Å². The second-order valence-corrected chi connectivity index (χ2v) is 18.0. The van der Waals surface area contributed by atoms with Crippen molar-refractivity contribution in [3.8, 4) is 11.5 Å². The fourth-order valence-corrected chi connectivity index (χ4v) is 9.14. The first-order valence-corrected chi connectivity index (χ1v) is 23.1. The molecule has 6 rings (SSSR count). The lowest BCUT2D eigenvalue weighted by atomic mass is 9.98. The van der Waals surface area contributed by atoms with Gasteiger partial charge in [-0.25, -0.2) is 9.59 Å². The Kier molecular flexibility index (Phi) is 18.4. The number of methoxy groups -OCH3 is 2. The van der Waals surface area contributed by atoms with E-state index in [1.165, 1.54) is 28.1 Å². The number of carbonyl (C=O) groups is 4. The average molecular weight is 1120 g/mol. The van der Waals surface area contributed by atoms with Crippen molar-refractivity contribution in [2.24, 2.45) is 0 Å². The van der Waals surface area contributed by atoms with Crippen molar-refractivity contribution in [3.05, 3.63) is 95.6 Å². The van der Waals surface area contributed by atoms with Gasteiger partial charge in [0.15, 0.2) is 36.5 Å². The molecule has 0 radical (unpaired) electrons. The summed E-state index contributed by atoms with van der Waals surface area (Å²) in [5, 5.41) is 10.4. The van der Waals surface area contributed by atoms with Crippen molar-refractivity contribution in [2.75, 3.05) is 27.4 Å². The Bertz CT molecular complexity index is 2010. The molecule has 3 heterocycles. The highest BCUT2D eigenvalue weighted by Crippen LogP contribution is 2.40. The molecule has 3 fully saturated rings. The van der Waals surface area contributed by atoms with Gasteiger partial charge in [0, 0.05) is 20.3 Å². The number of carbonyl (C=O) groups excluding carboxylic acids is 4. The Morgan fingerprint density at radius 2 is 1.20 bits per heavy atom. The molecular formula is C45H52I2O17. The topological polar surface area (TPSA) is 199 Å². The number of halogens is 2. The van der Waals surface area contributed by atoms with Gasteiger partial charge >= 0.3 is 23.9 Å². The van der Waals surface area contributed by atoms with Crippen LogP contribution in [0.1, 0.15) is 59.9 Å². The van der Waals surface area contributed by atoms with Crippen molar-refractivity contribution in [3.63, 3.8) is 0 Å². The Morgan fingerprint density at radius 3 is 1.77 bits per heavy atom. The highest BCUT2D eigenvalue weighted by molar-refractivity contribution is 14.1. The number of rotatable bonds is 17. The first-order chi connectivity index (χ1) is 30.8. The smallest absolute Gasteiger partial charge is 0.338 e. The summed E-state index contributed by atoms with van der Waals surface area (Å²) in [6.45, 7) is 3.51. The number of esters is 4. The second-order valence-electron chi connectivity index (χ2n) is 15.2. The molecule has 0 aliphatic carbocycles. The van der Waals surface area contributed by atoms with Gasteiger partial charge in [0.2, 0.25) is 0 Å². The number of alkyl halides is 2. The van der Waals surface area contributed by atoms with Crippen LogP contribution < -0.4 is 9.47 Å². The van der Waals surface area contributed by atoms with E-state index in [9.17, 15) is 24.3 Å². The molecule has 64 heavy (non-hydrogen) atoms. The molecule has 3 aliphatic heterocycles. The van der Waals surface area contributed by atoms with Gasteiger partial charge in [-0.2, -0.15) is 0 Å². The highest BCUT2D eigenvalue weighted by atomic mass is 127. The maximum Gasteiger partial charge on any atom is 0.338 e. The summed E-state index contributed by atoms with van der Waals surface area (Å²) in [6.07, 6.45) is -10.6. The summed E-state index contributed by atoms with van der Waals surface area (Å²) < 4.78 is 71.7. The summed E-state index contributed by atoms with van der Waals surface area (Å²) >= 11 is 4.15. The van der Waals surface area contributed by atoms with Crippen LogP contribution in [0, 0.1) is 0 Å². The molecule has 0 aromatic heterocycles. The van der Waals surface area contributed by atoms with E-state index in [2.05, 4.69) is 45.2 Å². The van der Waals surface area contributed by atoms with Crippen LogP contribution in [0.3, 0.4) is 0 Å². The molecule has 0 unspecified atom stereocenters. The van der Waals surface area contributed by atoms with E-state index in [4.69, 9.17) is 56.8 Å². The van der Waals surface area contributed by atoms with Crippen LogP contribution in [0.4, 0.5) is 0 Å². The Labute approximate surface area is 398 Å². The summed E-state index contributed by atoms with van der Waals surface area (Å²) in [6, 6.07) is 22.0. The number of hydrogen-bond donors (Lipinski definition) is 1. The molecule has 3 aliphatic rings. The lowest BCUT2D eigenvalue weighted by molar-refractivity contribution is -0.328. The summed E-state index contributed by atoms with van der Waals surface area (Å²) in [5.41, 5.74) is 1.24. The third-order valence-electron chi connectivity index (χ3n) is 10.6. The van der Waals surface area contributed by atoms with Gasteiger partial charge in [-0.1, -0.05) is 87.6 Å². The Hall–Kier alpha value is -3.68. The van der Waals surface area contributed by atoms with E-state index >= 15 is 0 Å². The minimum Gasteiger partial charge on any atom is -0.493 e. The lowest BCUT2D eigenvalue weighted by Gasteiger charge is -2.48. The summed E-state index contributed by atoms with van der Waals surface area (Å²) in [4.78, 5) is 52.1. The van der Waals surface area contributed by atoms with Crippen LogP contribution in [0.2, 0.25) is 0 Å². The predicted octanol–water partition coefficient (Wildman–Crippen LogP) is 5.51. The summed E-state index contributed by atoms with van der Waals surface area (Å²) in [7, 11) is 3.06. The SMILES string of the molecule is COc1ccc(CO[C@@H]2O[C@H](COC(C)=O)[C@@H](O[C@@H]3O[C@H](COC(C)=O)[C@@H](OC(=O)c4ccccc4)[C@H](O[C@H]4CC[C@H](O)[C@H](C)O4)[C@H]3I)[C@H](OC(=O)c3ccccc3)[C@H]2I)cc1OC. The number of aliphatic hydroxyl groups is 1. The zero-order chi connectivity index (χ0) is 45.9. The minimum atomic E-state index is -1.26. The molecule has 0 bridgehead atoms. The van der Waals surface area contributed by atoms with Gasteiger partial charge in [-0.15, -0.1) is 0 Å². The van der Waals surface area contributed by atoms with Crippen LogP contribution in [0.25, 0.3) is 0 Å². The molecule has 3 saturated heterocycles. The normalized spacial score (nSPS) is 30.3. The van der Waals surface area contributed by atoms with Gasteiger partial charge < -0.3 is 61.9 Å². The quantitative estimate of drug-likeness (QED) is 0.0767. The predicted molar refractivity (Wildman–Crippen MR) is 241 cm³/mol. The van der Waals surface area contributed by atoms with E-state index in [1.54, 1.807) is 85.8 Å². The van der Waals surface area contributed by atoms with Crippen molar-refractivity contribution >= 4 is 69.1 Å². The maximum absolute atomic E-state index is 13.9. The van der Waals surface area contributed by atoms with Crippen molar-refractivity contribution in [1.82, 2.24) is 0 Å². The van der Waals surface area contributed by atoms with E-state index in [-0.39, 0.29) is 30.9 Å². The van der Waals surface area contributed by atoms with Crippen LogP contribution in [-0.2, 0) is 63.6 Å². The van der Waals surface area contributed by atoms with Gasteiger partial charge in [0.1, 0.15) is 47.7 Å². The molecule has 19 heteroatoms. The third kappa shape index (κ3) is 13.0. The third-order valence-corrected chi connectivity index (χ3v) is 13.2. The van der Waals surface area contributed by atoms with Gasteiger partial charge in [-0.05, 0) is 55.3 Å². The zero-order valence-corrected chi connectivity index (χ0v) is 40.1. The van der Waals surface area contributed by atoms with Crippen LogP contribution in [0.5, 0.6) is 11.5 Å². The van der Waals surface area contributed by atoms with E-state index in [0.29, 0.717) is 24.3 Å². The standard InChI is InChI=1S/C45H52I2O17/c1-24-30(50)17-19-35(58-24)61-40-37(47)45(60-33(22-55-25(2)48)38(40)62-42(51)28-12-8-6-9-13-28)64-39-34(23-56-26(3)49)59-44(57-21-27-16-18-31(53-4)32(20-27)54-5)36(46)41(39)63-43(52)29-14-10-7-11-15-29/h6-16,18,20,24,30,33-41,44-45,50H,17,19,21-23H2,1-5H3/t24-,30-,33+,34+,35-,36+,37+,38+,39+,40+,41+,44+,45-/m0/s1. The largest absolute Gasteiger partial charge is 0.493 e. The molecular weight excluding hydrogens is 1070 g/mol. The molecule has 0 spiro atoms. The molecule has 3 aromatic carbocycles. The van der Waals surface area contributed by atoms with Crippen LogP contribution in [0.15, 0.2) is 78.9 Å². The number of benzene rings is 3. The molecule has 3 aromatic rings. The van der Waals surface area contributed by atoms with Crippen molar-refractivity contribution in [1.29, 1.82) is 0 Å². The summed E-state index contributed by atoms with van der Waals surface area (Å²) in [5.74, 6) is -1.56. The van der Waals surface area contributed by atoms with Gasteiger partial charge in [0.25, 0.3) is 0 Å². The van der Waals surface area contributed by atoms with Gasteiger partial charge in [-0.3, -0.25) is 9.59 Å². The van der Waals surface area contributed by atoms with E-state index in [0.717, 1.165) is 5.56 Å². The fraction of sp³-hybridized carbons (Fsp3) is 0.511. The van der Waals surface area contributed by atoms with Crippen molar-refractivity contribution in [2.45, 2.75) is 116 Å². The maximum atomic E-state index is 13.9. The Morgan fingerprint density at radius 1 is 0.656 bits per heavy atom. The lowest BCUT2D eigenvalue weighted by Crippen LogP contribution is -2.65. The zero-order valence-electron chi connectivity index (χ0n) is 35.8. The van der Waals surface area contributed by atoms with Gasteiger partial charge in [0.05, 0.1) is 48.1 Å². The fourth-order valence-electron chi connectivity index (χ4n) is 7.29. The first-order valence-electron chi connectivity index (χ1n) is 20.6. The first kappa shape index (κ1) is 49.7. The number of aliphatic hydroxyl groups excluding tert-OH is 1. The monoisotopic (exact) mass is 1120 g/mol. The molecule has 0 saturated carbocycles. The van der Waals surface area contributed by atoms with Crippen LogP contribution >= 0.6 is 45.2 Å². The van der Waals surface area contributed by atoms with E-state index in [1.807, 2.05) is 0 Å². The van der Waals surface area contributed by atoms with E-state index < -0.39 is 99.4 Å². The molecule has 0 amide bonds. The molecule has 17 nitrogen and oxygen atoms in total. The Balaban J connectivity index is 1.35. The number of ether oxygens (including phenoxy) is 12. The molecule has 1 N–H and O–H groups in total. The molecule has 348 valence electrons. The highest BCUT2D eigenvalue weighted by Gasteiger charge is 2.55.